The number of rotatable bonds is 18. The zero-order valence-corrected chi connectivity index (χ0v) is 16.0. The van der Waals surface area contributed by atoms with E-state index >= 15 is 0 Å². The van der Waals surface area contributed by atoms with E-state index in [1.807, 2.05) is 0 Å². The van der Waals surface area contributed by atoms with Crippen molar-refractivity contribution in [1.82, 2.24) is 0 Å². The van der Waals surface area contributed by atoms with E-state index in [1.165, 1.54) is 51.4 Å². The zero-order chi connectivity index (χ0) is 19.9. The molecule has 0 saturated carbocycles. The van der Waals surface area contributed by atoms with Crippen LogP contribution in [-0.2, 0) is 39.5 Å². The quantitative estimate of drug-likeness (QED) is 0.101. The predicted molar refractivity (Wildman–Crippen MR) is 88.8 cm³/mol. The van der Waals surface area contributed by atoms with Gasteiger partial charge in [-0.25, -0.2) is 9.45 Å². The highest BCUT2D eigenvalue weighted by Crippen LogP contribution is 2.25. The van der Waals surface area contributed by atoms with Crippen molar-refractivity contribution in [3.63, 3.8) is 0 Å². The van der Waals surface area contributed by atoms with Crippen molar-refractivity contribution in [3.8, 4) is 0 Å². The molecule has 0 spiro atoms. The standard InChI is InChI=1S/C14H28O7.H3O4P/c1-3-5-6-7-8-9-10-11-12-13-14-16-18-20-21-19-17-15-4-2;1-5(2,3)4/h4H,2-3,5-14H2,1H3;(H3,1,2,3,4). The van der Waals surface area contributed by atoms with Crippen LogP contribution in [0.15, 0.2) is 12.8 Å². The second-order valence-electron chi connectivity index (χ2n) is 5.12. The lowest BCUT2D eigenvalue weighted by atomic mass is 10.1. The maximum absolute atomic E-state index is 8.88. The first-order valence-electron chi connectivity index (χ1n) is 8.42. The van der Waals surface area contributed by atoms with Gasteiger partial charge in [-0.05, 0) is 16.5 Å². The van der Waals surface area contributed by atoms with Crippen LogP contribution in [0.4, 0.5) is 0 Å². The molecule has 0 rings (SSSR count). The van der Waals surface area contributed by atoms with Gasteiger partial charge in [0.15, 0.2) is 0 Å². The summed E-state index contributed by atoms with van der Waals surface area (Å²) in [5.74, 6) is 0. The van der Waals surface area contributed by atoms with Gasteiger partial charge in [0.1, 0.15) is 6.26 Å². The highest BCUT2D eigenvalue weighted by Gasteiger charge is 2.00. The molecule has 11 nitrogen and oxygen atoms in total. The molecule has 0 saturated heterocycles. The SMILES string of the molecule is C=COOOOOOOCCCCCCCCCCCC.O=P(O)(O)O. The molecule has 158 valence electrons. The van der Waals surface area contributed by atoms with Crippen molar-refractivity contribution in [2.45, 2.75) is 71.1 Å². The Labute approximate surface area is 153 Å². The molecular weight excluding hydrogens is 375 g/mol. The van der Waals surface area contributed by atoms with Crippen LogP contribution >= 0.6 is 7.82 Å². The summed E-state index contributed by atoms with van der Waals surface area (Å²) in [6.07, 6.45) is 13.6. The van der Waals surface area contributed by atoms with E-state index in [4.69, 9.17) is 19.2 Å². The summed E-state index contributed by atoms with van der Waals surface area (Å²) < 4.78 is 8.88. The molecule has 26 heavy (non-hydrogen) atoms. The molecule has 0 unspecified atom stereocenters. The van der Waals surface area contributed by atoms with Crippen molar-refractivity contribution in [2.24, 2.45) is 0 Å². The maximum atomic E-state index is 8.88. The summed E-state index contributed by atoms with van der Waals surface area (Å²) in [5.41, 5.74) is 0. The minimum absolute atomic E-state index is 0.421. The average Bonchev–Trinajstić information content (AvgIpc) is 2.56. The fraction of sp³-hybridized carbons (Fsp3) is 0.857. The largest absolute Gasteiger partial charge is 0.466 e. The fourth-order valence-corrected chi connectivity index (χ4v) is 1.78. The Morgan fingerprint density at radius 1 is 0.769 bits per heavy atom. The second kappa shape index (κ2) is 22.5. The topological polar surface area (TPSA) is 142 Å². The van der Waals surface area contributed by atoms with Gasteiger partial charge in [0.25, 0.3) is 0 Å². The molecule has 0 atom stereocenters. The molecule has 0 fully saturated rings. The molecule has 0 radical (unpaired) electrons. The van der Waals surface area contributed by atoms with Crippen LogP contribution in [0.1, 0.15) is 71.1 Å². The average molecular weight is 406 g/mol. The predicted octanol–water partition coefficient (Wildman–Crippen LogP) is 3.73. The number of hydrogen-bond donors (Lipinski definition) is 3. The molecule has 3 N–H and O–H groups in total. The molecule has 0 amide bonds. The highest BCUT2D eigenvalue weighted by molar-refractivity contribution is 7.45. The smallest absolute Gasteiger partial charge is 0.315 e. The lowest BCUT2D eigenvalue weighted by Crippen LogP contribution is -2.01. The Hall–Kier alpha value is -0.590. The van der Waals surface area contributed by atoms with E-state index in [2.05, 4.69) is 48.5 Å². The van der Waals surface area contributed by atoms with E-state index in [0.717, 1.165) is 19.1 Å². The Bertz CT molecular complexity index is 316. The molecule has 0 aliphatic heterocycles. The molecule has 0 heterocycles. The molecule has 0 aliphatic rings. The number of hydrogen-bond acceptors (Lipinski definition) is 8. The Kier molecular flexibility index (Phi) is 23.9. The number of unbranched alkanes of at least 4 members (excludes halogenated alkanes) is 9. The van der Waals surface area contributed by atoms with Crippen LogP contribution < -0.4 is 0 Å². The summed E-state index contributed by atoms with van der Waals surface area (Å²) in [4.78, 5) is 30.3. The van der Waals surface area contributed by atoms with Crippen molar-refractivity contribution in [3.05, 3.63) is 12.8 Å². The first kappa shape index (κ1) is 27.6. The first-order chi connectivity index (χ1) is 12.4. The first-order valence-corrected chi connectivity index (χ1v) is 9.99. The van der Waals surface area contributed by atoms with Gasteiger partial charge in [0, 0.05) is 15.1 Å². The van der Waals surface area contributed by atoms with Crippen molar-refractivity contribution in [1.29, 1.82) is 0 Å². The van der Waals surface area contributed by atoms with Crippen LogP contribution in [0.25, 0.3) is 0 Å². The molecular formula is C14H31O11P. The fourth-order valence-electron chi connectivity index (χ4n) is 1.78. The van der Waals surface area contributed by atoms with Crippen LogP contribution in [0, 0.1) is 0 Å². The van der Waals surface area contributed by atoms with Crippen molar-refractivity contribution < 1.29 is 54.2 Å². The Morgan fingerprint density at radius 2 is 1.19 bits per heavy atom. The highest BCUT2D eigenvalue weighted by atomic mass is 31.2. The minimum Gasteiger partial charge on any atom is -0.315 e. The third-order valence-corrected chi connectivity index (χ3v) is 2.85. The summed E-state index contributed by atoms with van der Waals surface area (Å²) in [5, 5.41) is 19.8. The zero-order valence-electron chi connectivity index (χ0n) is 15.1. The summed E-state index contributed by atoms with van der Waals surface area (Å²) in [7, 11) is -4.64. The molecule has 0 aliphatic carbocycles. The third-order valence-electron chi connectivity index (χ3n) is 2.85. The summed E-state index contributed by atoms with van der Waals surface area (Å²) in [6, 6.07) is 0. The van der Waals surface area contributed by atoms with Gasteiger partial charge in [0.2, 0.25) is 0 Å². The lowest BCUT2D eigenvalue weighted by Gasteiger charge is -2.02. The molecule has 12 heteroatoms. The van der Waals surface area contributed by atoms with Crippen LogP contribution in [0.2, 0.25) is 0 Å². The van der Waals surface area contributed by atoms with Crippen molar-refractivity contribution >= 4 is 7.82 Å². The monoisotopic (exact) mass is 406 g/mol. The van der Waals surface area contributed by atoms with Gasteiger partial charge in [-0.2, -0.15) is 0 Å². The lowest BCUT2D eigenvalue weighted by molar-refractivity contribution is -0.786. The number of phosphoric acid groups is 1. The van der Waals surface area contributed by atoms with Gasteiger partial charge >= 0.3 is 7.82 Å². The van der Waals surface area contributed by atoms with E-state index in [-0.39, 0.29) is 0 Å². The van der Waals surface area contributed by atoms with Gasteiger partial charge in [-0.3, -0.25) is 0 Å². The van der Waals surface area contributed by atoms with Gasteiger partial charge in [-0.1, -0.05) is 71.3 Å². The van der Waals surface area contributed by atoms with E-state index < -0.39 is 7.82 Å². The van der Waals surface area contributed by atoms with E-state index in [9.17, 15) is 0 Å². The normalized spacial score (nSPS) is 10.9. The minimum atomic E-state index is -4.64. The van der Waals surface area contributed by atoms with E-state index in [0.29, 0.717) is 6.61 Å². The molecule has 0 bridgehead atoms. The van der Waals surface area contributed by atoms with Gasteiger partial charge < -0.3 is 19.6 Å². The molecule has 0 aromatic heterocycles. The Balaban J connectivity index is 0. The van der Waals surface area contributed by atoms with E-state index in [1.54, 1.807) is 0 Å². The maximum Gasteiger partial charge on any atom is 0.466 e. The summed E-state index contributed by atoms with van der Waals surface area (Å²) in [6.45, 7) is 5.85. The van der Waals surface area contributed by atoms with Crippen LogP contribution in [0.5, 0.6) is 0 Å². The molecule has 0 aromatic carbocycles. The molecule has 0 aromatic rings. The Morgan fingerprint density at radius 3 is 1.69 bits per heavy atom. The summed E-state index contributed by atoms with van der Waals surface area (Å²) >= 11 is 0. The van der Waals surface area contributed by atoms with Gasteiger partial charge in [0.05, 0.1) is 6.61 Å². The third kappa shape index (κ3) is 38.8. The van der Waals surface area contributed by atoms with Gasteiger partial charge in [-0.15, -0.1) is 0 Å². The van der Waals surface area contributed by atoms with Crippen molar-refractivity contribution in [2.75, 3.05) is 6.61 Å². The van der Waals surface area contributed by atoms with Crippen LogP contribution in [-0.4, -0.2) is 21.3 Å². The second-order valence-corrected chi connectivity index (χ2v) is 6.15. The van der Waals surface area contributed by atoms with Crippen LogP contribution in [0.3, 0.4) is 0 Å².